The van der Waals surface area contributed by atoms with Crippen LogP contribution in [0.25, 0.3) is 0 Å². The molecule has 26 heavy (non-hydrogen) atoms. The van der Waals surface area contributed by atoms with Crippen molar-refractivity contribution in [3.8, 4) is 0 Å². The molecule has 3 rings (SSSR count). The van der Waals surface area contributed by atoms with E-state index in [4.69, 9.17) is 11.1 Å². The van der Waals surface area contributed by atoms with Crippen LogP contribution in [0.2, 0.25) is 0 Å². The lowest BCUT2D eigenvalue weighted by atomic mass is 10.1. The van der Waals surface area contributed by atoms with E-state index in [9.17, 15) is 0 Å². The Morgan fingerprint density at radius 1 is 0.692 bits per heavy atom. The summed E-state index contributed by atoms with van der Waals surface area (Å²) in [6.07, 6.45) is 0. The van der Waals surface area contributed by atoms with Gasteiger partial charge < -0.3 is 5.73 Å². The number of hydrogen-bond acceptors (Lipinski definition) is 1. The van der Waals surface area contributed by atoms with Crippen molar-refractivity contribution in [1.82, 2.24) is 0 Å². The van der Waals surface area contributed by atoms with Gasteiger partial charge in [0.15, 0.2) is 5.84 Å². The second kappa shape index (κ2) is 9.33. The molecule has 0 saturated heterocycles. The maximum Gasteiger partial charge on any atom is 0.154 e. The predicted octanol–water partition coefficient (Wildman–Crippen LogP) is 5.03. The molecule has 0 atom stereocenters. The molecular formula is C23H25N3. The molecule has 0 fully saturated rings. The number of aliphatic imine (C=N–C) groups is 1. The lowest BCUT2D eigenvalue weighted by Crippen LogP contribution is -2.15. The summed E-state index contributed by atoms with van der Waals surface area (Å²) >= 11 is 0. The number of hydrogen-bond donors (Lipinski definition) is 2. The molecule has 0 unspecified atom stereocenters. The van der Waals surface area contributed by atoms with Crippen LogP contribution in [-0.4, -0.2) is 11.7 Å². The molecule has 0 heterocycles. The Balaban J connectivity index is 0.000000290. The number of aryl methyl sites for hydroxylation is 3. The summed E-state index contributed by atoms with van der Waals surface area (Å²) in [5.41, 5.74) is 11.1. The molecule has 0 radical (unpaired) electrons. The predicted molar refractivity (Wildman–Crippen MR) is 111 cm³/mol. The first-order chi connectivity index (χ1) is 12.5. The van der Waals surface area contributed by atoms with Crippen LogP contribution in [0.4, 0.5) is 0 Å². The van der Waals surface area contributed by atoms with Gasteiger partial charge in [0.05, 0.1) is 0 Å². The number of nitrogens with zero attached hydrogens (tertiary/aromatic N) is 1. The zero-order valence-corrected chi connectivity index (χ0v) is 15.5. The molecule has 0 aromatic heterocycles. The summed E-state index contributed by atoms with van der Waals surface area (Å²) in [5, 5.41) is 8.04. The molecule has 0 saturated carbocycles. The summed E-state index contributed by atoms with van der Waals surface area (Å²) in [5.74, 6) is 0.554. The number of rotatable bonds is 2. The van der Waals surface area contributed by atoms with Crippen LogP contribution < -0.4 is 5.73 Å². The first-order valence-electron chi connectivity index (χ1n) is 8.54. The minimum atomic E-state index is 0.188. The van der Waals surface area contributed by atoms with Gasteiger partial charge in [0.25, 0.3) is 0 Å². The highest BCUT2D eigenvalue weighted by atomic mass is 14.9. The van der Waals surface area contributed by atoms with Gasteiger partial charge in [0.2, 0.25) is 0 Å². The molecule has 0 bridgehead atoms. The monoisotopic (exact) mass is 343 g/mol. The molecule has 3 N–H and O–H groups in total. The van der Waals surface area contributed by atoms with Gasteiger partial charge in [-0.3, -0.25) is 5.41 Å². The van der Waals surface area contributed by atoms with E-state index in [0.717, 1.165) is 22.3 Å². The summed E-state index contributed by atoms with van der Waals surface area (Å²) in [4.78, 5) is 4.18. The first kappa shape index (κ1) is 19.1. The Bertz CT molecular complexity index is 862. The second-order valence-corrected chi connectivity index (χ2v) is 6.24. The fourth-order valence-corrected chi connectivity index (χ4v) is 2.50. The molecule has 0 amide bonds. The minimum absolute atomic E-state index is 0.188. The van der Waals surface area contributed by atoms with E-state index in [0.29, 0.717) is 5.84 Å². The Kier molecular flexibility index (Phi) is 6.86. The van der Waals surface area contributed by atoms with Crippen molar-refractivity contribution in [1.29, 1.82) is 5.41 Å². The highest BCUT2D eigenvalue weighted by Crippen LogP contribution is 2.10. The molecule has 3 nitrogen and oxygen atoms in total. The van der Waals surface area contributed by atoms with Crippen molar-refractivity contribution in [2.45, 2.75) is 20.8 Å². The van der Waals surface area contributed by atoms with Gasteiger partial charge in [-0.05, 0) is 32.9 Å². The van der Waals surface area contributed by atoms with Crippen LogP contribution >= 0.6 is 0 Å². The molecule has 132 valence electrons. The largest absolute Gasteiger partial charge is 0.383 e. The minimum Gasteiger partial charge on any atom is -0.383 e. The smallest absolute Gasteiger partial charge is 0.154 e. The molecule has 3 heteroatoms. The van der Waals surface area contributed by atoms with E-state index in [2.05, 4.69) is 30.1 Å². The van der Waals surface area contributed by atoms with Crippen molar-refractivity contribution in [3.05, 3.63) is 107 Å². The molecule has 0 aliphatic heterocycles. The Labute approximate surface area is 155 Å². The first-order valence-corrected chi connectivity index (χ1v) is 8.54. The van der Waals surface area contributed by atoms with Crippen LogP contribution in [-0.2, 0) is 0 Å². The van der Waals surface area contributed by atoms with Crippen molar-refractivity contribution in [3.63, 3.8) is 0 Å². The van der Waals surface area contributed by atoms with Gasteiger partial charge >= 0.3 is 0 Å². The van der Waals surface area contributed by atoms with Crippen LogP contribution in [0.1, 0.15) is 27.8 Å². The van der Waals surface area contributed by atoms with Crippen molar-refractivity contribution in [2.24, 2.45) is 10.7 Å². The molecule has 0 aliphatic rings. The SMILES string of the molecule is Cc1cc(C)cc(C(=N)N=C(N)c2ccccc2)c1.Cc1ccccc1. The van der Waals surface area contributed by atoms with Crippen LogP contribution in [0.3, 0.4) is 0 Å². The van der Waals surface area contributed by atoms with Crippen LogP contribution in [0, 0.1) is 26.2 Å². The van der Waals surface area contributed by atoms with Crippen molar-refractivity contribution >= 4 is 11.7 Å². The average Bonchev–Trinajstić information content (AvgIpc) is 2.63. The van der Waals surface area contributed by atoms with E-state index >= 15 is 0 Å². The third-order valence-corrected chi connectivity index (χ3v) is 3.74. The van der Waals surface area contributed by atoms with Crippen LogP contribution in [0.5, 0.6) is 0 Å². The van der Waals surface area contributed by atoms with E-state index in [-0.39, 0.29) is 5.84 Å². The Morgan fingerprint density at radius 2 is 1.19 bits per heavy atom. The summed E-state index contributed by atoms with van der Waals surface area (Å²) in [7, 11) is 0. The fraction of sp³-hybridized carbons (Fsp3) is 0.130. The lowest BCUT2D eigenvalue weighted by Gasteiger charge is -2.05. The highest BCUT2D eigenvalue weighted by Gasteiger charge is 2.04. The van der Waals surface area contributed by atoms with Gasteiger partial charge in [-0.1, -0.05) is 83.4 Å². The second-order valence-electron chi connectivity index (χ2n) is 6.24. The Morgan fingerprint density at radius 3 is 1.65 bits per heavy atom. The lowest BCUT2D eigenvalue weighted by molar-refractivity contribution is 1.33. The summed E-state index contributed by atoms with van der Waals surface area (Å²) in [6.45, 7) is 6.10. The van der Waals surface area contributed by atoms with Crippen molar-refractivity contribution in [2.75, 3.05) is 0 Å². The quantitative estimate of drug-likeness (QED) is 0.497. The van der Waals surface area contributed by atoms with E-state index in [1.54, 1.807) is 0 Å². The molecule has 0 aliphatic carbocycles. The van der Waals surface area contributed by atoms with Gasteiger partial charge in [-0.2, -0.15) is 0 Å². The van der Waals surface area contributed by atoms with Crippen molar-refractivity contribution < 1.29 is 0 Å². The maximum atomic E-state index is 8.04. The highest BCUT2D eigenvalue weighted by molar-refractivity contribution is 6.09. The van der Waals surface area contributed by atoms with Gasteiger partial charge in [-0.15, -0.1) is 0 Å². The Hall–Kier alpha value is -3.20. The third-order valence-electron chi connectivity index (χ3n) is 3.74. The number of benzene rings is 3. The number of nitrogens with one attached hydrogen (secondary N) is 1. The molecular weight excluding hydrogens is 318 g/mol. The standard InChI is InChI=1S/C16H17N3.C7H8/c1-11-8-12(2)10-14(9-11)16(18)19-15(17)13-6-4-3-5-7-13;1-7-5-3-2-4-6-7/h3-10H,1-2H3,(H3,17,18,19);2-6H,1H3. The van der Waals surface area contributed by atoms with E-state index in [1.807, 2.05) is 74.5 Å². The topological polar surface area (TPSA) is 62.2 Å². The normalized spacial score (nSPS) is 10.7. The zero-order valence-electron chi connectivity index (χ0n) is 15.5. The van der Waals surface area contributed by atoms with E-state index < -0.39 is 0 Å². The maximum absolute atomic E-state index is 8.04. The van der Waals surface area contributed by atoms with Gasteiger partial charge in [0.1, 0.15) is 5.84 Å². The van der Waals surface area contributed by atoms with Gasteiger partial charge in [-0.25, -0.2) is 4.99 Å². The number of amidine groups is 2. The van der Waals surface area contributed by atoms with Crippen LogP contribution in [0.15, 0.2) is 83.9 Å². The summed E-state index contributed by atoms with van der Waals surface area (Å²) in [6, 6.07) is 25.7. The molecule has 3 aromatic rings. The third kappa shape index (κ3) is 6.02. The molecule has 3 aromatic carbocycles. The van der Waals surface area contributed by atoms with E-state index in [1.165, 1.54) is 5.56 Å². The summed E-state index contributed by atoms with van der Waals surface area (Å²) < 4.78 is 0. The zero-order chi connectivity index (χ0) is 18.9. The molecule has 0 spiro atoms. The fourth-order valence-electron chi connectivity index (χ4n) is 2.50. The number of nitrogens with two attached hydrogens (primary N) is 1. The van der Waals surface area contributed by atoms with Gasteiger partial charge in [0, 0.05) is 11.1 Å². The average molecular weight is 343 g/mol.